The Morgan fingerprint density at radius 2 is 1.57 bits per heavy atom. The van der Waals surface area contributed by atoms with Gasteiger partial charge in [-0.3, -0.25) is 14.5 Å². The Hall–Kier alpha value is -1.14. The van der Waals surface area contributed by atoms with Gasteiger partial charge in [-0.1, -0.05) is 13.8 Å². The average Bonchev–Trinajstić information content (AvgIpc) is 2.53. The van der Waals surface area contributed by atoms with Gasteiger partial charge in [0.05, 0.1) is 0 Å². The Bertz CT molecular complexity index is 359. The molecule has 0 radical (unpaired) electrons. The maximum Gasteiger partial charge on any atom is 0.225 e. The van der Waals surface area contributed by atoms with E-state index in [0.29, 0.717) is 6.42 Å². The molecule has 2 fully saturated rings. The van der Waals surface area contributed by atoms with E-state index in [1.165, 1.54) is 0 Å². The zero-order valence-electron chi connectivity index (χ0n) is 13.3. The average molecular weight is 296 g/mol. The van der Waals surface area contributed by atoms with Crippen LogP contribution in [0.3, 0.4) is 0 Å². The molecular formula is C15H28N4O2. The molecule has 0 bridgehead atoms. The smallest absolute Gasteiger partial charge is 0.225 e. The Morgan fingerprint density at radius 3 is 2.14 bits per heavy atom. The summed E-state index contributed by atoms with van der Waals surface area (Å²) < 4.78 is 0. The van der Waals surface area contributed by atoms with Gasteiger partial charge in [-0.2, -0.15) is 0 Å². The zero-order valence-corrected chi connectivity index (χ0v) is 13.3. The lowest BCUT2D eigenvalue weighted by molar-refractivity contribution is -0.137. The quantitative estimate of drug-likeness (QED) is 0.768. The summed E-state index contributed by atoms with van der Waals surface area (Å²) in [6.45, 7) is 11.5. The van der Waals surface area contributed by atoms with Crippen LogP contribution in [0.25, 0.3) is 0 Å². The molecule has 0 aromatic heterocycles. The number of hydrogen-bond donors (Lipinski definition) is 1. The third-order valence-corrected chi connectivity index (χ3v) is 4.29. The fourth-order valence-electron chi connectivity index (χ4n) is 2.88. The molecule has 0 atom stereocenters. The molecule has 0 aliphatic carbocycles. The van der Waals surface area contributed by atoms with Crippen molar-refractivity contribution in [1.29, 1.82) is 0 Å². The molecule has 0 unspecified atom stereocenters. The van der Waals surface area contributed by atoms with Crippen LogP contribution >= 0.6 is 0 Å². The van der Waals surface area contributed by atoms with Crippen LogP contribution in [0, 0.1) is 5.92 Å². The zero-order chi connectivity index (χ0) is 15.2. The monoisotopic (exact) mass is 296 g/mol. The van der Waals surface area contributed by atoms with E-state index in [1.807, 2.05) is 23.6 Å². The predicted octanol–water partition coefficient (Wildman–Crippen LogP) is -0.391. The van der Waals surface area contributed by atoms with E-state index in [9.17, 15) is 9.59 Å². The molecule has 2 heterocycles. The Kier molecular flexibility index (Phi) is 5.99. The highest BCUT2D eigenvalue weighted by molar-refractivity contribution is 5.78. The van der Waals surface area contributed by atoms with E-state index in [-0.39, 0.29) is 17.7 Å². The molecule has 0 aromatic rings. The van der Waals surface area contributed by atoms with Crippen LogP contribution in [0.4, 0.5) is 0 Å². The first-order valence-corrected chi connectivity index (χ1v) is 8.07. The summed E-state index contributed by atoms with van der Waals surface area (Å²) in [5.41, 5.74) is 0. The van der Waals surface area contributed by atoms with Crippen LogP contribution in [0.15, 0.2) is 0 Å². The van der Waals surface area contributed by atoms with Crippen molar-refractivity contribution in [3.63, 3.8) is 0 Å². The standard InChI is InChI=1S/C15H28N4O2/c1-13(2)15(21)19-11-9-17(10-12-19)6-3-14(20)18-7-4-16-5-8-18/h13,16H,3-12H2,1-2H3. The van der Waals surface area contributed by atoms with E-state index < -0.39 is 0 Å². The van der Waals surface area contributed by atoms with Crippen molar-refractivity contribution in [2.45, 2.75) is 20.3 Å². The summed E-state index contributed by atoms with van der Waals surface area (Å²) >= 11 is 0. The molecule has 2 aliphatic rings. The molecule has 0 aromatic carbocycles. The third-order valence-electron chi connectivity index (χ3n) is 4.29. The van der Waals surface area contributed by atoms with Crippen LogP contribution in [0.5, 0.6) is 0 Å². The minimum Gasteiger partial charge on any atom is -0.340 e. The molecule has 2 aliphatic heterocycles. The highest BCUT2D eigenvalue weighted by atomic mass is 16.2. The largest absolute Gasteiger partial charge is 0.340 e. The number of hydrogen-bond acceptors (Lipinski definition) is 4. The molecule has 0 spiro atoms. The molecule has 2 amide bonds. The predicted molar refractivity (Wildman–Crippen MR) is 81.9 cm³/mol. The lowest BCUT2D eigenvalue weighted by Crippen LogP contribution is -2.51. The molecule has 0 saturated carbocycles. The highest BCUT2D eigenvalue weighted by Gasteiger charge is 2.23. The number of nitrogens with one attached hydrogen (secondary N) is 1. The van der Waals surface area contributed by atoms with E-state index in [2.05, 4.69) is 10.2 Å². The van der Waals surface area contributed by atoms with Crippen molar-refractivity contribution in [3.05, 3.63) is 0 Å². The van der Waals surface area contributed by atoms with Gasteiger partial charge in [-0.15, -0.1) is 0 Å². The number of carbonyl (C=O) groups excluding carboxylic acids is 2. The van der Waals surface area contributed by atoms with Gasteiger partial charge >= 0.3 is 0 Å². The Labute approximate surface area is 127 Å². The van der Waals surface area contributed by atoms with Crippen molar-refractivity contribution in [2.75, 3.05) is 58.9 Å². The molecule has 2 saturated heterocycles. The first-order chi connectivity index (χ1) is 10.1. The summed E-state index contributed by atoms with van der Waals surface area (Å²) in [5.74, 6) is 0.578. The summed E-state index contributed by atoms with van der Waals surface area (Å²) in [4.78, 5) is 30.2. The number of nitrogens with zero attached hydrogens (tertiary/aromatic N) is 3. The number of rotatable bonds is 4. The van der Waals surface area contributed by atoms with Crippen molar-refractivity contribution < 1.29 is 9.59 Å². The van der Waals surface area contributed by atoms with Crippen molar-refractivity contribution in [1.82, 2.24) is 20.0 Å². The van der Waals surface area contributed by atoms with Gasteiger partial charge in [0.15, 0.2) is 0 Å². The fourth-order valence-corrected chi connectivity index (χ4v) is 2.88. The van der Waals surface area contributed by atoms with Crippen molar-refractivity contribution in [3.8, 4) is 0 Å². The van der Waals surface area contributed by atoms with E-state index in [0.717, 1.165) is 58.9 Å². The lowest BCUT2D eigenvalue weighted by atomic mass is 10.1. The van der Waals surface area contributed by atoms with E-state index in [4.69, 9.17) is 0 Å². The van der Waals surface area contributed by atoms with E-state index in [1.54, 1.807) is 0 Å². The topological polar surface area (TPSA) is 55.9 Å². The van der Waals surface area contributed by atoms with Crippen LogP contribution in [-0.4, -0.2) is 85.4 Å². The van der Waals surface area contributed by atoms with Gasteiger partial charge in [0.1, 0.15) is 0 Å². The van der Waals surface area contributed by atoms with Crippen LogP contribution in [-0.2, 0) is 9.59 Å². The summed E-state index contributed by atoms with van der Waals surface area (Å²) in [7, 11) is 0. The van der Waals surface area contributed by atoms with Crippen LogP contribution in [0.2, 0.25) is 0 Å². The minimum atomic E-state index is 0.0749. The fraction of sp³-hybridized carbons (Fsp3) is 0.867. The molecular weight excluding hydrogens is 268 g/mol. The van der Waals surface area contributed by atoms with Crippen molar-refractivity contribution >= 4 is 11.8 Å². The highest BCUT2D eigenvalue weighted by Crippen LogP contribution is 2.08. The summed E-state index contributed by atoms with van der Waals surface area (Å²) in [5, 5.41) is 3.26. The van der Waals surface area contributed by atoms with Gasteiger partial charge in [0.2, 0.25) is 11.8 Å². The molecule has 6 heteroatoms. The molecule has 2 rings (SSSR count). The number of carbonyl (C=O) groups is 2. The molecule has 1 N–H and O–H groups in total. The van der Waals surface area contributed by atoms with Gasteiger partial charge in [0.25, 0.3) is 0 Å². The Balaban J connectivity index is 1.66. The third kappa shape index (κ3) is 4.68. The first kappa shape index (κ1) is 16.2. The molecule has 120 valence electrons. The molecule has 21 heavy (non-hydrogen) atoms. The Morgan fingerprint density at radius 1 is 0.952 bits per heavy atom. The van der Waals surface area contributed by atoms with Gasteiger partial charge in [-0.05, 0) is 0 Å². The van der Waals surface area contributed by atoms with Crippen LogP contribution < -0.4 is 5.32 Å². The second-order valence-corrected chi connectivity index (χ2v) is 6.20. The van der Waals surface area contributed by atoms with Gasteiger partial charge in [0, 0.05) is 71.2 Å². The molecule has 6 nitrogen and oxygen atoms in total. The lowest BCUT2D eigenvalue weighted by Gasteiger charge is -2.36. The normalized spacial score (nSPS) is 20.9. The number of amides is 2. The maximum atomic E-state index is 12.1. The van der Waals surface area contributed by atoms with Gasteiger partial charge < -0.3 is 15.1 Å². The second kappa shape index (κ2) is 7.75. The minimum absolute atomic E-state index is 0.0749. The van der Waals surface area contributed by atoms with Crippen molar-refractivity contribution in [2.24, 2.45) is 5.92 Å². The summed E-state index contributed by atoms with van der Waals surface area (Å²) in [6.07, 6.45) is 0.595. The second-order valence-electron chi connectivity index (χ2n) is 6.20. The summed E-state index contributed by atoms with van der Waals surface area (Å²) in [6, 6.07) is 0. The number of piperazine rings is 2. The van der Waals surface area contributed by atoms with Crippen LogP contribution in [0.1, 0.15) is 20.3 Å². The van der Waals surface area contributed by atoms with E-state index >= 15 is 0 Å². The van der Waals surface area contributed by atoms with Gasteiger partial charge in [-0.25, -0.2) is 0 Å². The maximum absolute atomic E-state index is 12.1. The first-order valence-electron chi connectivity index (χ1n) is 8.07. The SMILES string of the molecule is CC(C)C(=O)N1CCN(CCC(=O)N2CCNCC2)CC1.